The molecular weight excluding hydrogens is 451 g/mol. The zero-order valence-corrected chi connectivity index (χ0v) is 21.9. The predicted octanol–water partition coefficient (Wildman–Crippen LogP) is 6.28. The minimum absolute atomic E-state index is 0.0320. The van der Waals surface area contributed by atoms with E-state index in [9.17, 15) is 9.18 Å². The normalized spacial score (nSPS) is 19.8. The maximum atomic E-state index is 13.6. The zero-order chi connectivity index (χ0) is 25.3. The van der Waals surface area contributed by atoms with Gasteiger partial charge in [0.1, 0.15) is 11.6 Å². The van der Waals surface area contributed by atoms with E-state index in [0.29, 0.717) is 19.6 Å². The molecule has 0 radical (unpaired) electrons. The Morgan fingerprint density at radius 3 is 2.74 bits per heavy atom. The van der Waals surface area contributed by atoms with Crippen LogP contribution in [0, 0.1) is 11.2 Å². The summed E-state index contributed by atoms with van der Waals surface area (Å²) in [6.45, 7) is 19.6. The molecule has 2 heterocycles. The number of carbonyl (C=O) groups is 1. The van der Waals surface area contributed by atoms with Crippen LogP contribution in [0.25, 0.3) is 0 Å². The summed E-state index contributed by atoms with van der Waals surface area (Å²) in [7, 11) is 0. The highest BCUT2D eigenvalue weighted by Gasteiger charge is 2.39. The Labute approximate surface area is 210 Å². The van der Waals surface area contributed by atoms with Crippen LogP contribution in [0.1, 0.15) is 47.0 Å². The molecule has 1 fully saturated rings. The van der Waals surface area contributed by atoms with Crippen LogP contribution in [0.15, 0.2) is 55.3 Å². The van der Waals surface area contributed by atoms with Gasteiger partial charge in [0.05, 0.1) is 11.6 Å². The average Bonchev–Trinajstić information content (AvgIpc) is 3.22. The fourth-order valence-electron chi connectivity index (χ4n) is 4.37. The first-order valence-corrected chi connectivity index (χ1v) is 12.6. The second-order valence-electron chi connectivity index (χ2n) is 9.53. The lowest BCUT2D eigenvalue weighted by molar-refractivity contribution is 0.146. The SMILES string of the molecule is C=CC(Cl)/C=C\CN(C(=O)N1CCC(C)(CN(CC)c2ccc(F)cn2)C1)C(C)CC(=C)CC. The monoisotopic (exact) mass is 490 g/mol. The first-order valence-electron chi connectivity index (χ1n) is 12.1. The van der Waals surface area contributed by atoms with Crippen LogP contribution in [0.4, 0.5) is 15.0 Å². The molecule has 3 atom stereocenters. The number of hydrogen-bond acceptors (Lipinski definition) is 3. The molecule has 0 N–H and O–H groups in total. The van der Waals surface area contributed by atoms with Crippen LogP contribution in [-0.4, -0.2) is 65.0 Å². The largest absolute Gasteiger partial charge is 0.356 e. The summed E-state index contributed by atoms with van der Waals surface area (Å²) in [5, 5.41) is -0.256. The van der Waals surface area contributed by atoms with Crippen molar-refractivity contribution in [3.63, 3.8) is 0 Å². The molecule has 7 heteroatoms. The molecule has 0 saturated carbocycles. The predicted molar refractivity (Wildman–Crippen MR) is 141 cm³/mol. The Kier molecular flexibility index (Phi) is 10.6. The van der Waals surface area contributed by atoms with Crippen LogP contribution in [0.5, 0.6) is 0 Å². The van der Waals surface area contributed by atoms with Gasteiger partial charge in [-0.2, -0.15) is 0 Å². The van der Waals surface area contributed by atoms with E-state index in [2.05, 4.69) is 50.7 Å². The molecule has 0 aliphatic carbocycles. The molecule has 34 heavy (non-hydrogen) atoms. The van der Waals surface area contributed by atoms with E-state index >= 15 is 0 Å². The molecule has 1 saturated heterocycles. The Morgan fingerprint density at radius 2 is 2.15 bits per heavy atom. The minimum Gasteiger partial charge on any atom is -0.356 e. The number of anilines is 1. The van der Waals surface area contributed by atoms with E-state index in [1.54, 1.807) is 12.1 Å². The Balaban J connectivity index is 2.12. The number of rotatable bonds is 12. The Morgan fingerprint density at radius 1 is 1.41 bits per heavy atom. The fourth-order valence-corrected chi connectivity index (χ4v) is 4.47. The molecule has 1 aromatic heterocycles. The quantitative estimate of drug-likeness (QED) is 0.256. The molecular formula is C27H40ClFN4O. The highest BCUT2D eigenvalue weighted by atomic mass is 35.5. The molecule has 2 amide bonds. The molecule has 0 spiro atoms. The van der Waals surface area contributed by atoms with Gasteiger partial charge in [-0.15, -0.1) is 18.2 Å². The number of alkyl halides is 1. The number of aromatic nitrogens is 1. The molecule has 188 valence electrons. The maximum absolute atomic E-state index is 13.6. The summed E-state index contributed by atoms with van der Waals surface area (Å²) in [4.78, 5) is 23.9. The van der Waals surface area contributed by atoms with Gasteiger partial charge < -0.3 is 14.7 Å². The molecule has 1 aliphatic heterocycles. The van der Waals surface area contributed by atoms with Gasteiger partial charge in [-0.1, -0.05) is 44.2 Å². The third-order valence-corrected chi connectivity index (χ3v) is 6.85. The number of hydrogen-bond donors (Lipinski definition) is 0. The van der Waals surface area contributed by atoms with Gasteiger partial charge in [-0.3, -0.25) is 0 Å². The lowest BCUT2D eigenvalue weighted by Gasteiger charge is -2.35. The minimum atomic E-state index is -0.341. The highest BCUT2D eigenvalue weighted by molar-refractivity contribution is 6.22. The number of pyridine rings is 1. The molecule has 0 bridgehead atoms. The third kappa shape index (κ3) is 7.86. The van der Waals surface area contributed by atoms with E-state index in [1.807, 2.05) is 22.0 Å². The molecule has 3 unspecified atom stereocenters. The van der Waals surface area contributed by atoms with Crippen LogP contribution in [0.3, 0.4) is 0 Å². The van der Waals surface area contributed by atoms with Crippen molar-refractivity contribution in [2.45, 2.75) is 58.4 Å². The van der Waals surface area contributed by atoms with E-state index in [-0.39, 0.29) is 28.7 Å². The van der Waals surface area contributed by atoms with Crippen molar-refractivity contribution in [2.24, 2.45) is 5.41 Å². The van der Waals surface area contributed by atoms with Gasteiger partial charge in [-0.05, 0) is 45.2 Å². The van der Waals surface area contributed by atoms with Crippen LogP contribution < -0.4 is 4.90 Å². The molecule has 1 aliphatic rings. The summed E-state index contributed by atoms with van der Waals surface area (Å²) >= 11 is 6.14. The number of halogens is 2. The second-order valence-corrected chi connectivity index (χ2v) is 10.0. The summed E-state index contributed by atoms with van der Waals surface area (Å²) in [5.74, 6) is 0.414. The van der Waals surface area contributed by atoms with E-state index in [1.165, 1.54) is 12.3 Å². The van der Waals surface area contributed by atoms with Crippen molar-refractivity contribution in [3.8, 4) is 0 Å². The third-order valence-electron chi connectivity index (χ3n) is 6.53. The molecule has 5 nitrogen and oxygen atoms in total. The number of carbonyl (C=O) groups excluding carboxylic acids is 1. The topological polar surface area (TPSA) is 39.7 Å². The molecule has 1 aromatic rings. The van der Waals surface area contributed by atoms with Gasteiger partial charge >= 0.3 is 6.03 Å². The van der Waals surface area contributed by atoms with Gasteiger partial charge in [0, 0.05) is 44.2 Å². The number of nitrogens with zero attached hydrogens (tertiary/aromatic N) is 4. The number of amides is 2. The van der Waals surface area contributed by atoms with E-state index < -0.39 is 0 Å². The van der Waals surface area contributed by atoms with E-state index in [0.717, 1.165) is 43.7 Å². The van der Waals surface area contributed by atoms with Gasteiger partial charge in [-0.25, -0.2) is 14.2 Å². The zero-order valence-electron chi connectivity index (χ0n) is 21.1. The van der Waals surface area contributed by atoms with Crippen molar-refractivity contribution in [1.29, 1.82) is 0 Å². The van der Waals surface area contributed by atoms with Gasteiger partial charge in [0.25, 0.3) is 0 Å². The van der Waals surface area contributed by atoms with Crippen molar-refractivity contribution in [1.82, 2.24) is 14.8 Å². The number of allylic oxidation sites excluding steroid dienone is 2. The fraction of sp³-hybridized carbons (Fsp3) is 0.556. The van der Waals surface area contributed by atoms with Crippen molar-refractivity contribution < 1.29 is 9.18 Å². The van der Waals surface area contributed by atoms with Crippen LogP contribution >= 0.6 is 11.6 Å². The first-order chi connectivity index (χ1) is 16.1. The first kappa shape index (κ1) is 27.9. The molecule has 0 aromatic carbocycles. The highest BCUT2D eigenvalue weighted by Crippen LogP contribution is 2.33. The van der Waals surface area contributed by atoms with Gasteiger partial charge in [0.15, 0.2) is 0 Å². The summed E-state index contributed by atoms with van der Waals surface area (Å²) < 4.78 is 13.3. The number of likely N-dealkylation sites (tertiary alicyclic amines) is 1. The van der Waals surface area contributed by atoms with Crippen molar-refractivity contribution in [3.05, 3.63) is 61.1 Å². The van der Waals surface area contributed by atoms with Gasteiger partial charge in [0.2, 0.25) is 0 Å². The number of urea groups is 1. The standard InChI is InChI=1S/C27H40ClFN4O/c1-7-21(4)17-22(5)33(15-10-11-23(28)8-2)26(34)32-16-14-27(6,20-32)19-31(9-3)25-13-12-24(29)18-30-25/h8,10-13,18,22-23H,2,4,7,9,14-17,19-20H2,1,3,5-6H3/b11-10-. The lowest BCUT2D eigenvalue weighted by atomic mass is 9.89. The second kappa shape index (κ2) is 12.9. The van der Waals surface area contributed by atoms with Crippen molar-refractivity contribution >= 4 is 23.4 Å². The smallest absolute Gasteiger partial charge is 0.320 e. The molecule has 2 rings (SSSR count). The summed E-state index contributed by atoms with van der Waals surface area (Å²) in [5.41, 5.74) is 1.05. The summed E-state index contributed by atoms with van der Waals surface area (Å²) in [6, 6.07) is 3.22. The van der Waals surface area contributed by atoms with Crippen LogP contribution in [-0.2, 0) is 0 Å². The average molecular weight is 491 g/mol. The van der Waals surface area contributed by atoms with Crippen molar-refractivity contribution in [2.75, 3.05) is 37.6 Å². The van der Waals surface area contributed by atoms with Crippen LogP contribution in [0.2, 0.25) is 0 Å². The lowest BCUT2D eigenvalue weighted by Crippen LogP contribution is -2.48. The summed E-state index contributed by atoms with van der Waals surface area (Å²) in [6.07, 6.45) is 9.28. The Bertz CT molecular complexity index is 859. The Hall–Kier alpha value is -2.34. The van der Waals surface area contributed by atoms with E-state index in [4.69, 9.17) is 11.6 Å². The maximum Gasteiger partial charge on any atom is 0.320 e.